The van der Waals surface area contributed by atoms with Crippen molar-refractivity contribution >= 4 is 23.6 Å². The third-order valence-electron chi connectivity index (χ3n) is 4.77. The summed E-state index contributed by atoms with van der Waals surface area (Å²) >= 11 is 1.55. The lowest BCUT2D eigenvalue weighted by Gasteiger charge is -2.29. The maximum Gasteiger partial charge on any atom is 0.242 e. The number of likely N-dealkylation sites (N-methyl/N-ethyl adjacent to an activating group) is 1. The van der Waals surface area contributed by atoms with Crippen LogP contribution in [-0.2, 0) is 21.9 Å². The number of carbonyl (C=O) groups excluding carboxylic acids is 2. The Hall–Kier alpha value is -2.47. The Balaban J connectivity index is 2.04. The molecule has 2 aromatic carbocycles. The number of methoxy groups -OCH3 is 1. The first kappa shape index (κ1) is 22.8. The summed E-state index contributed by atoms with van der Waals surface area (Å²) in [6, 6.07) is 15.3. The van der Waals surface area contributed by atoms with E-state index in [1.54, 1.807) is 30.7 Å². The van der Waals surface area contributed by atoms with Gasteiger partial charge >= 0.3 is 0 Å². The van der Waals surface area contributed by atoms with Crippen molar-refractivity contribution in [3.05, 3.63) is 65.2 Å². The lowest BCUT2D eigenvalue weighted by atomic mass is 10.1. The fourth-order valence-corrected chi connectivity index (χ4v) is 3.81. The van der Waals surface area contributed by atoms with Crippen LogP contribution in [0.15, 0.2) is 48.5 Å². The highest BCUT2D eigenvalue weighted by Gasteiger charge is 2.26. The van der Waals surface area contributed by atoms with Crippen LogP contribution in [0.1, 0.15) is 30.5 Å². The number of ether oxygens (including phenoxy) is 1. The van der Waals surface area contributed by atoms with Crippen LogP contribution >= 0.6 is 11.8 Å². The highest BCUT2D eigenvalue weighted by atomic mass is 32.2. The molecule has 1 N–H and O–H groups in total. The van der Waals surface area contributed by atoms with Crippen LogP contribution < -0.4 is 10.1 Å². The summed E-state index contributed by atoms with van der Waals surface area (Å²) in [5.41, 5.74) is 3.29. The van der Waals surface area contributed by atoms with Gasteiger partial charge in [-0.1, -0.05) is 36.4 Å². The molecule has 2 aromatic rings. The number of nitrogens with one attached hydrogen (secondary N) is 1. The van der Waals surface area contributed by atoms with Crippen molar-refractivity contribution in [3.8, 4) is 5.75 Å². The molecule has 0 heterocycles. The predicted molar refractivity (Wildman–Crippen MR) is 119 cm³/mol. The minimum absolute atomic E-state index is 0.0366. The van der Waals surface area contributed by atoms with Crippen LogP contribution in [0.25, 0.3) is 0 Å². The Morgan fingerprint density at radius 3 is 2.45 bits per heavy atom. The summed E-state index contributed by atoms with van der Waals surface area (Å²) in [5, 5.41) is 2.82. The second-order valence-electron chi connectivity index (χ2n) is 6.86. The molecule has 0 saturated heterocycles. The minimum Gasteiger partial charge on any atom is -0.497 e. The minimum atomic E-state index is -0.524. The number of thioether (sulfide) groups is 1. The lowest BCUT2D eigenvalue weighted by molar-refractivity contribution is -0.138. The Labute approximate surface area is 177 Å². The van der Waals surface area contributed by atoms with Crippen LogP contribution in [0.4, 0.5) is 0 Å². The second-order valence-corrected chi connectivity index (χ2v) is 7.85. The third kappa shape index (κ3) is 6.82. The van der Waals surface area contributed by atoms with E-state index in [9.17, 15) is 9.59 Å². The molecule has 0 saturated carbocycles. The first-order valence-electron chi connectivity index (χ1n) is 9.78. The monoisotopic (exact) mass is 414 g/mol. The SMILES string of the molecule is CCNC(=O)C(C)N(Cc1ccccc1C)C(=O)CSCc1ccc(OC)cc1. The molecule has 5 nitrogen and oxygen atoms in total. The van der Waals surface area contributed by atoms with Crippen LogP contribution in [0.5, 0.6) is 5.75 Å². The average Bonchev–Trinajstić information content (AvgIpc) is 2.73. The fourth-order valence-electron chi connectivity index (χ4n) is 2.94. The lowest BCUT2D eigenvalue weighted by Crippen LogP contribution is -2.48. The van der Waals surface area contributed by atoms with Gasteiger partial charge in [-0.15, -0.1) is 11.8 Å². The first-order valence-corrected chi connectivity index (χ1v) is 10.9. The molecule has 156 valence electrons. The Morgan fingerprint density at radius 2 is 1.83 bits per heavy atom. The molecule has 0 fully saturated rings. The van der Waals surface area contributed by atoms with E-state index < -0.39 is 6.04 Å². The standard InChI is InChI=1S/C23H30N2O3S/c1-5-24-23(27)18(3)25(14-20-9-7-6-8-17(20)2)22(26)16-29-15-19-10-12-21(28-4)13-11-19/h6-13,18H,5,14-16H2,1-4H3,(H,24,27). The smallest absolute Gasteiger partial charge is 0.242 e. The molecule has 1 atom stereocenters. The Bertz CT molecular complexity index is 808. The summed E-state index contributed by atoms with van der Waals surface area (Å²) in [6.07, 6.45) is 0. The van der Waals surface area contributed by atoms with Gasteiger partial charge in [-0.2, -0.15) is 0 Å². The van der Waals surface area contributed by atoms with Crippen molar-refractivity contribution in [2.75, 3.05) is 19.4 Å². The topological polar surface area (TPSA) is 58.6 Å². The van der Waals surface area contributed by atoms with Crippen LogP contribution in [0.2, 0.25) is 0 Å². The summed E-state index contributed by atoms with van der Waals surface area (Å²) < 4.78 is 5.17. The summed E-state index contributed by atoms with van der Waals surface area (Å²) in [7, 11) is 1.64. The average molecular weight is 415 g/mol. The van der Waals surface area contributed by atoms with Gasteiger partial charge in [0.15, 0.2) is 0 Å². The molecule has 2 rings (SSSR count). The zero-order valence-corrected chi connectivity index (χ0v) is 18.4. The van der Waals surface area contributed by atoms with Gasteiger partial charge in [0.2, 0.25) is 11.8 Å². The van der Waals surface area contributed by atoms with E-state index in [0.717, 1.165) is 28.2 Å². The van der Waals surface area contributed by atoms with Gasteiger partial charge in [0, 0.05) is 18.8 Å². The molecule has 0 aliphatic carbocycles. The van der Waals surface area contributed by atoms with Crippen molar-refractivity contribution in [2.45, 2.75) is 39.1 Å². The van der Waals surface area contributed by atoms with E-state index in [4.69, 9.17) is 4.74 Å². The van der Waals surface area contributed by atoms with Crippen molar-refractivity contribution in [1.82, 2.24) is 10.2 Å². The molecule has 29 heavy (non-hydrogen) atoms. The second kappa shape index (κ2) is 11.5. The van der Waals surface area contributed by atoms with Crippen molar-refractivity contribution in [3.63, 3.8) is 0 Å². The molecule has 2 amide bonds. The Morgan fingerprint density at radius 1 is 1.14 bits per heavy atom. The number of amides is 2. The van der Waals surface area contributed by atoms with Crippen molar-refractivity contribution < 1.29 is 14.3 Å². The van der Waals surface area contributed by atoms with E-state index in [1.165, 1.54) is 0 Å². The molecular formula is C23H30N2O3S. The molecule has 0 aliphatic rings. The summed E-state index contributed by atoms with van der Waals surface area (Å²) in [4.78, 5) is 27.1. The number of hydrogen-bond acceptors (Lipinski definition) is 4. The van der Waals surface area contributed by atoms with Crippen molar-refractivity contribution in [2.24, 2.45) is 0 Å². The molecule has 0 bridgehead atoms. The van der Waals surface area contributed by atoms with E-state index in [1.807, 2.05) is 62.4 Å². The molecule has 0 aliphatic heterocycles. The zero-order valence-electron chi connectivity index (χ0n) is 17.6. The van der Waals surface area contributed by atoms with Gasteiger partial charge in [-0.3, -0.25) is 9.59 Å². The largest absolute Gasteiger partial charge is 0.497 e. The Kier molecular flexibility index (Phi) is 9.06. The normalized spacial score (nSPS) is 11.6. The molecular weight excluding hydrogens is 384 g/mol. The van der Waals surface area contributed by atoms with Gasteiger partial charge in [-0.05, 0) is 49.6 Å². The maximum absolute atomic E-state index is 13.0. The quantitative estimate of drug-likeness (QED) is 0.643. The molecule has 0 spiro atoms. The highest BCUT2D eigenvalue weighted by molar-refractivity contribution is 7.99. The van der Waals surface area contributed by atoms with Gasteiger partial charge < -0.3 is 15.0 Å². The van der Waals surface area contributed by atoms with Gasteiger partial charge in [0.25, 0.3) is 0 Å². The number of benzene rings is 2. The highest BCUT2D eigenvalue weighted by Crippen LogP contribution is 2.19. The number of rotatable bonds is 10. The van der Waals surface area contributed by atoms with Crippen LogP contribution in [0, 0.1) is 6.92 Å². The van der Waals surface area contributed by atoms with E-state index in [0.29, 0.717) is 18.8 Å². The van der Waals surface area contributed by atoms with Gasteiger partial charge in [-0.25, -0.2) is 0 Å². The van der Waals surface area contributed by atoms with E-state index in [-0.39, 0.29) is 11.8 Å². The van der Waals surface area contributed by atoms with Gasteiger partial charge in [0.05, 0.1) is 12.9 Å². The van der Waals surface area contributed by atoms with E-state index in [2.05, 4.69) is 5.32 Å². The van der Waals surface area contributed by atoms with Crippen LogP contribution in [0.3, 0.4) is 0 Å². The molecule has 1 unspecified atom stereocenters. The van der Waals surface area contributed by atoms with Crippen LogP contribution in [-0.4, -0.2) is 42.2 Å². The molecule has 0 radical (unpaired) electrons. The zero-order chi connectivity index (χ0) is 21.2. The number of aryl methyl sites for hydroxylation is 1. The van der Waals surface area contributed by atoms with Gasteiger partial charge in [0.1, 0.15) is 11.8 Å². The number of hydrogen-bond donors (Lipinski definition) is 1. The fraction of sp³-hybridized carbons (Fsp3) is 0.391. The third-order valence-corrected chi connectivity index (χ3v) is 5.76. The van der Waals surface area contributed by atoms with Crippen molar-refractivity contribution in [1.29, 1.82) is 0 Å². The summed E-state index contributed by atoms with van der Waals surface area (Å²) in [5.74, 6) is 1.69. The predicted octanol–water partition coefficient (Wildman–Crippen LogP) is 3.79. The molecule has 0 aromatic heterocycles. The number of carbonyl (C=O) groups is 2. The summed E-state index contributed by atoms with van der Waals surface area (Å²) in [6.45, 7) is 6.65. The maximum atomic E-state index is 13.0. The number of nitrogens with zero attached hydrogens (tertiary/aromatic N) is 1. The van der Waals surface area contributed by atoms with E-state index >= 15 is 0 Å². The first-order chi connectivity index (χ1) is 14.0. The molecule has 6 heteroatoms.